The number of carbonyl (C=O) groups is 1. The summed E-state index contributed by atoms with van der Waals surface area (Å²) in [5.74, 6) is -0.404. The summed E-state index contributed by atoms with van der Waals surface area (Å²) in [6, 6.07) is 0. The normalized spacial score (nSPS) is 19.2. The topological polar surface area (TPSA) is 178 Å². The number of rotatable bonds is 52. The average molecular weight is 1070 g/mol. The monoisotopic (exact) mass is 1060 g/mol. The van der Waals surface area contributed by atoms with Gasteiger partial charge in [0.1, 0.15) is 30.5 Å². The first-order chi connectivity index (χ1) is 36.1. The highest BCUT2D eigenvalue weighted by Gasteiger charge is 2.48. The molecule has 6 atom stereocenters. The minimum Gasteiger partial charge on any atom is -0.457 e. The molecule has 0 saturated carbocycles. The Labute approximate surface area is 451 Å². The van der Waals surface area contributed by atoms with E-state index in [0.29, 0.717) is 13.0 Å². The number of hydrogen-bond donors (Lipinski definition) is 4. The first-order valence-electron chi connectivity index (χ1n) is 29.7. The summed E-state index contributed by atoms with van der Waals surface area (Å²) in [6.45, 7) is 3.89. The summed E-state index contributed by atoms with van der Waals surface area (Å²) < 4.78 is 59.5. The predicted octanol–water partition coefficient (Wildman–Crippen LogP) is 15.0. The second-order valence-electron chi connectivity index (χ2n) is 20.2. The predicted molar refractivity (Wildman–Crippen MR) is 303 cm³/mol. The number of ether oxygens (including phenoxy) is 4. The Morgan fingerprint density at radius 3 is 1.36 bits per heavy atom. The van der Waals surface area contributed by atoms with Crippen molar-refractivity contribution in [3.05, 3.63) is 72.9 Å². The third-order valence-electron chi connectivity index (χ3n) is 13.3. The first kappa shape index (κ1) is 69.6. The highest BCUT2D eigenvalue weighted by Crippen LogP contribution is 2.26. The highest BCUT2D eigenvalue weighted by atomic mass is 32.3. The van der Waals surface area contributed by atoms with Crippen molar-refractivity contribution in [1.82, 2.24) is 0 Å². The summed E-state index contributed by atoms with van der Waals surface area (Å²) in [6.07, 6.45) is 59.3. The maximum absolute atomic E-state index is 13.0. The first-order valence-corrected chi connectivity index (χ1v) is 31.1. The molecule has 0 spiro atoms. The van der Waals surface area contributed by atoms with Crippen LogP contribution in [0.25, 0.3) is 0 Å². The summed E-state index contributed by atoms with van der Waals surface area (Å²) in [5, 5.41) is 30.9. The molecule has 1 saturated heterocycles. The van der Waals surface area contributed by atoms with Gasteiger partial charge in [-0.2, -0.15) is 8.42 Å². The van der Waals surface area contributed by atoms with Crippen LogP contribution in [-0.4, -0.2) is 97.5 Å². The number of esters is 1. The van der Waals surface area contributed by atoms with Gasteiger partial charge in [0.15, 0.2) is 6.29 Å². The molecular formula is C61H108O12S. The van der Waals surface area contributed by atoms with Crippen LogP contribution in [0.5, 0.6) is 0 Å². The van der Waals surface area contributed by atoms with Gasteiger partial charge in [-0.1, -0.05) is 228 Å². The molecule has 430 valence electrons. The molecule has 1 fully saturated rings. The average Bonchev–Trinajstić information content (AvgIpc) is 3.38. The minimum atomic E-state index is -5.07. The number of carbonyl (C=O) groups excluding carboxylic acids is 1. The van der Waals surface area contributed by atoms with Crippen molar-refractivity contribution in [2.24, 2.45) is 0 Å². The Bertz CT molecular complexity index is 1560. The Hall–Kier alpha value is -2.46. The summed E-state index contributed by atoms with van der Waals surface area (Å²) in [5.41, 5.74) is 0. The number of allylic oxidation sites excluding steroid dienone is 12. The summed E-state index contributed by atoms with van der Waals surface area (Å²) in [4.78, 5) is 13.0. The van der Waals surface area contributed by atoms with Crippen LogP contribution in [0.4, 0.5) is 0 Å². The summed E-state index contributed by atoms with van der Waals surface area (Å²) in [7, 11) is -5.07. The van der Waals surface area contributed by atoms with E-state index in [-0.39, 0.29) is 19.6 Å². The molecular weight excluding hydrogens is 957 g/mol. The van der Waals surface area contributed by atoms with Gasteiger partial charge in [0, 0.05) is 13.0 Å². The molecule has 0 aromatic carbocycles. The van der Waals surface area contributed by atoms with Crippen molar-refractivity contribution in [3.63, 3.8) is 0 Å². The Morgan fingerprint density at radius 1 is 0.527 bits per heavy atom. The van der Waals surface area contributed by atoms with Crippen molar-refractivity contribution >= 4 is 16.4 Å². The van der Waals surface area contributed by atoms with Crippen LogP contribution in [-0.2, 0) is 38.3 Å². The zero-order chi connectivity index (χ0) is 53.8. The fourth-order valence-electron chi connectivity index (χ4n) is 8.87. The van der Waals surface area contributed by atoms with Crippen LogP contribution >= 0.6 is 0 Å². The molecule has 1 heterocycles. The fraction of sp³-hybridized carbons (Fsp3) is 0.787. The molecule has 12 nitrogen and oxygen atoms in total. The van der Waals surface area contributed by atoms with Crippen LogP contribution in [0.1, 0.15) is 245 Å². The van der Waals surface area contributed by atoms with Crippen LogP contribution < -0.4 is 0 Å². The smallest absolute Gasteiger partial charge is 0.397 e. The van der Waals surface area contributed by atoms with Crippen molar-refractivity contribution in [3.8, 4) is 0 Å². The molecule has 0 amide bonds. The standard InChI is InChI=1S/C61H108O12S/c1-3-5-7-9-11-13-15-17-19-21-23-25-27-29-31-33-35-37-39-41-43-45-47-49-51-69-53-55(54-70-61-59(65)60(73-74(66,67)68)58(64)56(52-62)72-61)71-57(63)50-48-46-44-42-40-38-36-34-32-30-28-26-24-22-20-18-16-14-12-10-8-6-4-2/h6,8,12,14-15,17-18,20-21,23-24,26,55-56,58-62,64-65H,3-5,7,9-11,13,16,19,22,25,27-54H2,1-2H3,(H,66,67,68)/b8-6-,14-12-,17-15-,20-18-,23-21-,26-24-. The van der Waals surface area contributed by atoms with Crippen molar-refractivity contribution in [2.75, 3.05) is 26.4 Å². The lowest BCUT2D eigenvalue weighted by Gasteiger charge is -2.41. The molecule has 1 aliphatic heterocycles. The highest BCUT2D eigenvalue weighted by molar-refractivity contribution is 7.80. The van der Waals surface area contributed by atoms with Gasteiger partial charge in [-0.25, -0.2) is 4.18 Å². The van der Waals surface area contributed by atoms with Crippen molar-refractivity contribution in [2.45, 2.75) is 282 Å². The third kappa shape index (κ3) is 43.6. The number of aliphatic hydroxyl groups is 3. The second-order valence-corrected chi connectivity index (χ2v) is 21.3. The lowest BCUT2D eigenvalue weighted by molar-refractivity contribution is -0.301. The molecule has 0 aromatic rings. The minimum absolute atomic E-state index is 0.0314. The molecule has 0 aliphatic carbocycles. The lowest BCUT2D eigenvalue weighted by atomic mass is 9.99. The largest absolute Gasteiger partial charge is 0.457 e. The zero-order valence-electron chi connectivity index (χ0n) is 46.6. The second kappa shape index (κ2) is 51.3. The Balaban J connectivity index is 2.29. The molecule has 0 radical (unpaired) electrons. The Morgan fingerprint density at radius 2 is 0.932 bits per heavy atom. The van der Waals surface area contributed by atoms with E-state index in [1.165, 1.54) is 141 Å². The van der Waals surface area contributed by atoms with Crippen molar-refractivity contribution in [1.29, 1.82) is 0 Å². The molecule has 0 bridgehead atoms. The van der Waals surface area contributed by atoms with Gasteiger partial charge >= 0.3 is 16.4 Å². The van der Waals surface area contributed by atoms with Gasteiger partial charge in [0.2, 0.25) is 0 Å². The van der Waals surface area contributed by atoms with E-state index in [1.54, 1.807) is 0 Å². The number of aliphatic hydroxyl groups excluding tert-OH is 3. The van der Waals surface area contributed by atoms with Gasteiger partial charge in [0.25, 0.3) is 0 Å². The molecule has 4 N–H and O–H groups in total. The van der Waals surface area contributed by atoms with Crippen LogP contribution in [0.2, 0.25) is 0 Å². The van der Waals surface area contributed by atoms with E-state index >= 15 is 0 Å². The SMILES string of the molecule is CC/C=C\C/C=C\C/C=C\C/C=C\CCCCCCCCCCCCC(=O)OC(COCCCCCCCCCCCCCC/C=C\C/C=C\CCCCCCC)COC1OC(CO)C(O)C(OS(=O)(=O)O)C1O. The third-order valence-corrected chi connectivity index (χ3v) is 13.8. The lowest BCUT2D eigenvalue weighted by Crippen LogP contribution is -2.60. The number of unbranched alkanes of at least 4 members (excludes halogenated alkanes) is 27. The maximum atomic E-state index is 13.0. The van der Waals surface area contributed by atoms with Gasteiger partial charge in [-0.3, -0.25) is 9.35 Å². The van der Waals surface area contributed by atoms with E-state index in [2.05, 4.69) is 90.9 Å². The van der Waals surface area contributed by atoms with E-state index < -0.39 is 59.8 Å². The Kier molecular flexibility index (Phi) is 48.2. The number of hydrogen-bond acceptors (Lipinski definition) is 11. The molecule has 0 aromatic heterocycles. The van der Waals surface area contributed by atoms with E-state index in [9.17, 15) is 33.1 Å². The van der Waals surface area contributed by atoms with Crippen LogP contribution in [0.3, 0.4) is 0 Å². The molecule has 1 aliphatic rings. The maximum Gasteiger partial charge on any atom is 0.397 e. The van der Waals surface area contributed by atoms with Gasteiger partial charge in [-0.05, 0) is 83.5 Å². The van der Waals surface area contributed by atoms with Crippen LogP contribution in [0, 0.1) is 0 Å². The molecule has 74 heavy (non-hydrogen) atoms. The van der Waals surface area contributed by atoms with Gasteiger partial charge in [-0.15, -0.1) is 0 Å². The van der Waals surface area contributed by atoms with E-state index in [4.69, 9.17) is 18.9 Å². The van der Waals surface area contributed by atoms with Crippen LogP contribution in [0.15, 0.2) is 72.9 Å². The quantitative estimate of drug-likeness (QED) is 0.0196. The van der Waals surface area contributed by atoms with E-state index in [1.807, 2.05) is 0 Å². The van der Waals surface area contributed by atoms with Gasteiger partial charge < -0.3 is 34.3 Å². The fourth-order valence-corrected chi connectivity index (χ4v) is 9.38. The molecule has 6 unspecified atom stereocenters. The zero-order valence-corrected chi connectivity index (χ0v) is 47.5. The summed E-state index contributed by atoms with van der Waals surface area (Å²) >= 11 is 0. The molecule has 13 heteroatoms. The van der Waals surface area contributed by atoms with Gasteiger partial charge in [0.05, 0.1) is 19.8 Å². The molecule has 1 rings (SSSR count). The van der Waals surface area contributed by atoms with Crippen molar-refractivity contribution < 1.29 is 56.2 Å². The van der Waals surface area contributed by atoms with E-state index in [0.717, 1.165) is 77.0 Å².